The molecular weight excluding hydrogens is 365 g/mol. The van der Waals surface area contributed by atoms with Crippen LogP contribution in [0.4, 0.5) is 4.39 Å². The lowest BCUT2D eigenvalue weighted by Gasteiger charge is -2.32. The van der Waals surface area contributed by atoms with Crippen LogP contribution in [-0.4, -0.2) is 40.0 Å². The number of likely N-dealkylation sites (tertiary alicyclic amines) is 1. The molecule has 1 amide bonds. The van der Waals surface area contributed by atoms with Gasteiger partial charge in [0.15, 0.2) is 5.82 Å². The zero-order valence-electron chi connectivity index (χ0n) is 12.3. The van der Waals surface area contributed by atoms with Gasteiger partial charge in [-0.1, -0.05) is 12.1 Å². The number of aromatic nitrogens is 2. The van der Waals surface area contributed by atoms with Crippen molar-refractivity contribution >= 4 is 21.8 Å². The number of piperidine rings is 1. The third-order valence-corrected chi connectivity index (χ3v) is 4.33. The number of rotatable bonds is 3. The summed E-state index contributed by atoms with van der Waals surface area (Å²) in [7, 11) is 0. The number of carbonyl (C=O) groups is 1. The standard InChI is InChI=1S/C16H15BrFN3O2/c17-14-6-2-1-5-13(14)15(22)21-7-3-4-12(10-21)23-16-19-8-11(18)9-20-16/h1-2,5-6,8-9,12H,3-4,7,10H2/t12-/m0/s1. The van der Waals surface area contributed by atoms with Crippen LogP contribution in [0.5, 0.6) is 6.01 Å². The van der Waals surface area contributed by atoms with Gasteiger partial charge in [0.1, 0.15) is 6.10 Å². The summed E-state index contributed by atoms with van der Waals surface area (Å²) in [5.41, 5.74) is 0.631. The molecule has 5 nitrogen and oxygen atoms in total. The summed E-state index contributed by atoms with van der Waals surface area (Å²) < 4.78 is 19.3. The van der Waals surface area contributed by atoms with Gasteiger partial charge in [-0.15, -0.1) is 0 Å². The van der Waals surface area contributed by atoms with E-state index in [-0.39, 0.29) is 18.0 Å². The number of hydrogen-bond donors (Lipinski definition) is 0. The van der Waals surface area contributed by atoms with Gasteiger partial charge in [0, 0.05) is 11.0 Å². The third-order valence-electron chi connectivity index (χ3n) is 3.64. The molecule has 1 fully saturated rings. The van der Waals surface area contributed by atoms with Crippen LogP contribution >= 0.6 is 15.9 Å². The molecule has 7 heteroatoms. The Morgan fingerprint density at radius 1 is 1.30 bits per heavy atom. The van der Waals surface area contributed by atoms with Crippen molar-refractivity contribution in [2.45, 2.75) is 18.9 Å². The second kappa shape index (κ2) is 7.04. The minimum absolute atomic E-state index is 0.0363. The molecule has 120 valence electrons. The molecule has 2 heterocycles. The minimum Gasteiger partial charge on any atom is -0.458 e. The third kappa shape index (κ3) is 3.85. The van der Waals surface area contributed by atoms with Crippen LogP contribution in [0.15, 0.2) is 41.1 Å². The summed E-state index contributed by atoms with van der Waals surface area (Å²) in [4.78, 5) is 22.0. The van der Waals surface area contributed by atoms with E-state index in [2.05, 4.69) is 25.9 Å². The van der Waals surface area contributed by atoms with Crippen LogP contribution in [0.1, 0.15) is 23.2 Å². The van der Waals surface area contributed by atoms with Crippen LogP contribution < -0.4 is 4.74 Å². The van der Waals surface area contributed by atoms with Crippen LogP contribution in [-0.2, 0) is 0 Å². The van der Waals surface area contributed by atoms with E-state index >= 15 is 0 Å². The molecule has 1 aliphatic heterocycles. The van der Waals surface area contributed by atoms with Gasteiger partial charge in [-0.3, -0.25) is 4.79 Å². The summed E-state index contributed by atoms with van der Waals surface area (Å²) in [6.07, 6.45) is 3.58. The molecule has 0 spiro atoms. The number of hydrogen-bond acceptors (Lipinski definition) is 4. The minimum atomic E-state index is -0.508. The van der Waals surface area contributed by atoms with Crippen molar-refractivity contribution < 1.29 is 13.9 Å². The number of benzene rings is 1. The summed E-state index contributed by atoms with van der Waals surface area (Å²) >= 11 is 3.40. The van der Waals surface area contributed by atoms with Crippen LogP contribution in [0.2, 0.25) is 0 Å². The van der Waals surface area contributed by atoms with Gasteiger partial charge in [-0.05, 0) is 40.9 Å². The van der Waals surface area contributed by atoms with Gasteiger partial charge in [-0.25, -0.2) is 14.4 Å². The molecule has 0 radical (unpaired) electrons. The van der Waals surface area contributed by atoms with E-state index in [1.165, 1.54) is 0 Å². The van der Waals surface area contributed by atoms with E-state index in [4.69, 9.17) is 4.74 Å². The second-order valence-electron chi connectivity index (χ2n) is 5.30. The first-order valence-corrected chi connectivity index (χ1v) is 8.11. The molecule has 23 heavy (non-hydrogen) atoms. The van der Waals surface area contributed by atoms with Gasteiger partial charge in [-0.2, -0.15) is 0 Å². The SMILES string of the molecule is O=C(c1ccccc1Br)N1CCC[C@H](Oc2ncc(F)cn2)C1. The fourth-order valence-electron chi connectivity index (χ4n) is 2.53. The normalized spacial score (nSPS) is 17.8. The Morgan fingerprint density at radius 2 is 2.04 bits per heavy atom. The predicted molar refractivity (Wildman–Crippen MR) is 85.7 cm³/mol. The summed E-state index contributed by atoms with van der Waals surface area (Å²) in [6.45, 7) is 1.14. The molecule has 1 aromatic carbocycles. The highest BCUT2D eigenvalue weighted by molar-refractivity contribution is 9.10. The smallest absolute Gasteiger partial charge is 0.316 e. The average Bonchev–Trinajstić information content (AvgIpc) is 2.57. The van der Waals surface area contributed by atoms with E-state index in [9.17, 15) is 9.18 Å². The average molecular weight is 380 g/mol. The molecule has 1 atom stereocenters. The Bertz CT molecular complexity index is 696. The largest absolute Gasteiger partial charge is 0.458 e. The van der Waals surface area contributed by atoms with E-state index < -0.39 is 5.82 Å². The zero-order chi connectivity index (χ0) is 16.2. The number of carbonyl (C=O) groups excluding carboxylic acids is 1. The maximum absolute atomic E-state index is 12.8. The monoisotopic (exact) mass is 379 g/mol. The molecule has 1 aliphatic rings. The Labute approximate surface area is 141 Å². The lowest BCUT2D eigenvalue weighted by Crippen LogP contribution is -2.44. The van der Waals surface area contributed by atoms with Gasteiger partial charge < -0.3 is 9.64 Å². The van der Waals surface area contributed by atoms with Crippen molar-refractivity contribution in [3.8, 4) is 6.01 Å². The highest BCUT2D eigenvalue weighted by Gasteiger charge is 2.27. The first-order valence-electron chi connectivity index (χ1n) is 7.31. The second-order valence-corrected chi connectivity index (χ2v) is 6.15. The van der Waals surface area contributed by atoms with E-state index in [0.29, 0.717) is 18.7 Å². The van der Waals surface area contributed by atoms with E-state index in [1.807, 2.05) is 18.2 Å². The van der Waals surface area contributed by atoms with Gasteiger partial charge in [0.05, 0.1) is 24.5 Å². The molecule has 3 rings (SSSR count). The Hall–Kier alpha value is -2.02. The topological polar surface area (TPSA) is 55.3 Å². The molecule has 0 N–H and O–H groups in total. The van der Waals surface area contributed by atoms with Crippen molar-refractivity contribution in [3.05, 3.63) is 52.5 Å². The number of halogens is 2. The number of amides is 1. The molecule has 0 aliphatic carbocycles. The van der Waals surface area contributed by atoms with Gasteiger partial charge in [0.2, 0.25) is 0 Å². The lowest BCUT2D eigenvalue weighted by atomic mass is 10.1. The Kier molecular flexibility index (Phi) is 4.85. The maximum atomic E-state index is 12.8. The summed E-state index contributed by atoms with van der Waals surface area (Å²) in [5.74, 6) is -0.544. The molecule has 0 unspecified atom stereocenters. The van der Waals surface area contributed by atoms with Crippen LogP contribution in [0, 0.1) is 5.82 Å². The van der Waals surface area contributed by atoms with Gasteiger partial charge >= 0.3 is 6.01 Å². The highest BCUT2D eigenvalue weighted by Crippen LogP contribution is 2.21. The molecule has 1 saturated heterocycles. The zero-order valence-corrected chi connectivity index (χ0v) is 13.9. The van der Waals surface area contributed by atoms with E-state index in [1.54, 1.807) is 11.0 Å². The molecule has 0 saturated carbocycles. The fraction of sp³-hybridized carbons (Fsp3) is 0.312. The van der Waals surface area contributed by atoms with E-state index in [0.717, 1.165) is 29.7 Å². The summed E-state index contributed by atoms with van der Waals surface area (Å²) in [6, 6.07) is 7.47. The van der Waals surface area contributed by atoms with Crippen molar-refractivity contribution in [3.63, 3.8) is 0 Å². The quantitative estimate of drug-likeness (QED) is 0.822. The van der Waals surface area contributed by atoms with Crippen LogP contribution in [0.25, 0.3) is 0 Å². The van der Waals surface area contributed by atoms with Crippen LogP contribution in [0.3, 0.4) is 0 Å². The molecule has 1 aromatic heterocycles. The predicted octanol–water partition coefficient (Wildman–Crippen LogP) is 3.06. The lowest BCUT2D eigenvalue weighted by molar-refractivity contribution is 0.0514. The molecular formula is C16H15BrFN3O2. The first kappa shape index (κ1) is 15.9. The highest BCUT2D eigenvalue weighted by atomic mass is 79.9. The number of nitrogens with zero attached hydrogens (tertiary/aromatic N) is 3. The summed E-state index contributed by atoms with van der Waals surface area (Å²) in [5, 5.41) is 0. The Morgan fingerprint density at radius 3 is 2.78 bits per heavy atom. The van der Waals surface area contributed by atoms with Crippen molar-refractivity contribution in [2.75, 3.05) is 13.1 Å². The first-order chi connectivity index (χ1) is 11.1. The fourth-order valence-corrected chi connectivity index (χ4v) is 2.99. The van der Waals surface area contributed by atoms with Crippen molar-refractivity contribution in [2.24, 2.45) is 0 Å². The number of ether oxygens (including phenoxy) is 1. The Balaban J connectivity index is 1.67. The van der Waals surface area contributed by atoms with Crippen molar-refractivity contribution in [1.82, 2.24) is 14.9 Å². The van der Waals surface area contributed by atoms with Gasteiger partial charge in [0.25, 0.3) is 5.91 Å². The maximum Gasteiger partial charge on any atom is 0.316 e. The van der Waals surface area contributed by atoms with Crippen molar-refractivity contribution in [1.29, 1.82) is 0 Å². The molecule has 0 bridgehead atoms. The molecule has 2 aromatic rings.